The van der Waals surface area contributed by atoms with Gasteiger partial charge in [0.1, 0.15) is 0 Å². The SMILES string of the molecule is CC(C)C1CCCC(N)(Cc2ccsc2)CC1. The van der Waals surface area contributed by atoms with E-state index in [4.69, 9.17) is 5.73 Å². The van der Waals surface area contributed by atoms with E-state index in [2.05, 4.69) is 30.7 Å². The average molecular weight is 251 g/mol. The molecular weight excluding hydrogens is 226 g/mol. The van der Waals surface area contributed by atoms with Gasteiger partial charge in [-0.15, -0.1) is 0 Å². The summed E-state index contributed by atoms with van der Waals surface area (Å²) >= 11 is 1.78. The van der Waals surface area contributed by atoms with Crippen LogP contribution in [0, 0.1) is 11.8 Å². The molecule has 17 heavy (non-hydrogen) atoms. The van der Waals surface area contributed by atoms with Crippen LogP contribution >= 0.6 is 11.3 Å². The highest BCUT2D eigenvalue weighted by molar-refractivity contribution is 7.07. The average Bonchev–Trinajstić information content (AvgIpc) is 2.67. The molecular formula is C15H25NS. The van der Waals surface area contributed by atoms with E-state index in [-0.39, 0.29) is 5.54 Å². The molecule has 1 fully saturated rings. The molecule has 1 heterocycles. The molecule has 0 aromatic carbocycles. The van der Waals surface area contributed by atoms with Crippen molar-refractivity contribution >= 4 is 11.3 Å². The summed E-state index contributed by atoms with van der Waals surface area (Å²) in [6, 6.07) is 2.23. The molecule has 2 unspecified atom stereocenters. The van der Waals surface area contributed by atoms with Crippen LogP contribution in [0.3, 0.4) is 0 Å². The lowest BCUT2D eigenvalue weighted by atomic mass is 9.84. The Bertz CT molecular complexity index is 331. The summed E-state index contributed by atoms with van der Waals surface area (Å²) in [5.41, 5.74) is 8.11. The zero-order valence-corrected chi connectivity index (χ0v) is 11.9. The van der Waals surface area contributed by atoms with Gasteiger partial charge in [0.2, 0.25) is 0 Å². The Hall–Kier alpha value is -0.340. The Labute approximate surface area is 109 Å². The third kappa shape index (κ3) is 3.56. The number of thiophene rings is 1. The fourth-order valence-electron chi connectivity index (χ4n) is 3.10. The minimum Gasteiger partial charge on any atom is -0.325 e. The Morgan fingerprint density at radius 3 is 2.88 bits per heavy atom. The predicted molar refractivity (Wildman–Crippen MR) is 76.4 cm³/mol. The molecule has 96 valence electrons. The van der Waals surface area contributed by atoms with Crippen molar-refractivity contribution in [2.75, 3.05) is 0 Å². The maximum absolute atomic E-state index is 6.62. The third-order valence-electron chi connectivity index (χ3n) is 4.34. The molecule has 2 N–H and O–H groups in total. The van der Waals surface area contributed by atoms with Crippen molar-refractivity contribution in [3.8, 4) is 0 Å². The van der Waals surface area contributed by atoms with Crippen molar-refractivity contribution in [1.29, 1.82) is 0 Å². The first-order valence-corrected chi connectivity index (χ1v) is 7.83. The van der Waals surface area contributed by atoms with Gasteiger partial charge in [0.15, 0.2) is 0 Å². The van der Waals surface area contributed by atoms with Gasteiger partial charge in [-0.25, -0.2) is 0 Å². The van der Waals surface area contributed by atoms with E-state index in [1.54, 1.807) is 11.3 Å². The maximum Gasteiger partial charge on any atom is 0.0195 e. The molecule has 0 bridgehead atoms. The van der Waals surface area contributed by atoms with Gasteiger partial charge in [0.25, 0.3) is 0 Å². The summed E-state index contributed by atoms with van der Waals surface area (Å²) < 4.78 is 0. The lowest BCUT2D eigenvalue weighted by molar-refractivity contribution is 0.322. The molecule has 1 nitrogen and oxygen atoms in total. The Balaban J connectivity index is 1.96. The highest BCUT2D eigenvalue weighted by Gasteiger charge is 2.30. The zero-order valence-electron chi connectivity index (χ0n) is 11.1. The molecule has 2 heteroatoms. The van der Waals surface area contributed by atoms with Gasteiger partial charge in [-0.2, -0.15) is 11.3 Å². The molecule has 1 aliphatic rings. The smallest absolute Gasteiger partial charge is 0.0195 e. The molecule has 2 atom stereocenters. The second kappa shape index (κ2) is 5.53. The van der Waals surface area contributed by atoms with Gasteiger partial charge in [0.05, 0.1) is 0 Å². The van der Waals surface area contributed by atoms with E-state index in [9.17, 15) is 0 Å². The van der Waals surface area contributed by atoms with Crippen LogP contribution in [-0.4, -0.2) is 5.54 Å². The first kappa shape index (κ1) is 13.1. The fraction of sp³-hybridized carbons (Fsp3) is 0.733. The van der Waals surface area contributed by atoms with Crippen molar-refractivity contribution < 1.29 is 0 Å². The van der Waals surface area contributed by atoms with Crippen LogP contribution in [0.1, 0.15) is 51.5 Å². The quantitative estimate of drug-likeness (QED) is 0.800. The normalized spacial score (nSPS) is 30.5. The highest BCUT2D eigenvalue weighted by Crippen LogP contribution is 2.34. The van der Waals surface area contributed by atoms with Crippen LogP contribution in [0.4, 0.5) is 0 Å². The maximum atomic E-state index is 6.62. The minimum absolute atomic E-state index is 0.0602. The number of rotatable bonds is 3. The topological polar surface area (TPSA) is 26.0 Å². The van der Waals surface area contributed by atoms with E-state index in [1.807, 2.05) is 0 Å². The van der Waals surface area contributed by atoms with Crippen LogP contribution in [0.2, 0.25) is 0 Å². The van der Waals surface area contributed by atoms with Gasteiger partial charge in [-0.1, -0.05) is 26.7 Å². The fourth-order valence-corrected chi connectivity index (χ4v) is 3.77. The van der Waals surface area contributed by atoms with Crippen LogP contribution in [-0.2, 0) is 6.42 Å². The Kier molecular flexibility index (Phi) is 4.26. The molecule has 1 aromatic heterocycles. The summed E-state index contributed by atoms with van der Waals surface area (Å²) in [4.78, 5) is 0. The molecule has 0 spiro atoms. The number of hydrogen-bond acceptors (Lipinski definition) is 2. The minimum atomic E-state index is 0.0602. The molecule has 0 saturated heterocycles. The van der Waals surface area contributed by atoms with Gasteiger partial charge in [0, 0.05) is 5.54 Å². The highest BCUT2D eigenvalue weighted by atomic mass is 32.1. The van der Waals surface area contributed by atoms with E-state index >= 15 is 0 Å². The van der Waals surface area contributed by atoms with Crippen LogP contribution in [0.15, 0.2) is 16.8 Å². The molecule has 0 amide bonds. The molecule has 1 aliphatic carbocycles. The third-order valence-corrected chi connectivity index (χ3v) is 5.07. The van der Waals surface area contributed by atoms with E-state index in [0.717, 1.165) is 18.3 Å². The molecule has 1 aromatic rings. The van der Waals surface area contributed by atoms with Crippen LogP contribution < -0.4 is 5.73 Å². The monoisotopic (exact) mass is 251 g/mol. The van der Waals surface area contributed by atoms with Crippen LogP contribution in [0.5, 0.6) is 0 Å². The summed E-state index contributed by atoms with van der Waals surface area (Å²) in [6.07, 6.45) is 7.47. The number of hydrogen-bond donors (Lipinski definition) is 1. The van der Waals surface area contributed by atoms with Crippen molar-refractivity contribution in [3.05, 3.63) is 22.4 Å². The van der Waals surface area contributed by atoms with Crippen molar-refractivity contribution in [2.24, 2.45) is 17.6 Å². The van der Waals surface area contributed by atoms with Crippen molar-refractivity contribution in [2.45, 2.75) is 57.9 Å². The van der Waals surface area contributed by atoms with E-state index in [0.29, 0.717) is 0 Å². The zero-order chi connectivity index (χ0) is 12.3. The van der Waals surface area contributed by atoms with Gasteiger partial charge < -0.3 is 5.73 Å². The lowest BCUT2D eigenvalue weighted by Gasteiger charge is -2.28. The van der Waals surface area contributed by atoms with Gasteiger partial charge >= 0.3 is 0 Å². The lowest BCUT2D eigenvalue weighted by Crippen LogP contribution is -2.41. The largest absolute Gasteiger partial charge is 0.325 e. The van der Waals surface area contributed by atoms with E-state index < -0.39 is 0 Å². The second-order valence-corrected chi connectivity index (χ2v) is 6.89. The summed E-state index contributed by atoms with van der Waals surface area (Å²) in [7, 11) is 0. The first-order valence-electron chi connectivity index (χ1n) is 6.89. The molecule has 2 rings (SSSR count). The summed E-state index contributed by atoms with van der Waals surface area (Å²) in [6.45, 7) is 4.71. The van der Waals surface area contributed by atoms with Gasteiger partial charge in [-0.3, -0.25) is 0 Å². The predicted octanol–water partition coefficient (Wildman–Crippen LogP) is 4.22. The van der Waals surface area contributed by atoms with E-state index in [1.165, 1.54) is 37.7 Å². The van der Waals surface area contributed by atoms with Gasteiger partial charge in [-0.05, 0) is 59.9 Å². The molecule has 0 aliphatic heterocycles. The Morgan fingerprint density at radius 2 is 2.24 bits per heavy atom. The summed E-state index contributed by atoms with van der Waals surface area (Å²) in [5, 5.41) is 4.41. The Morgan fingerprint density at radius 1 is 1.41 bits per heavy atom. The first-order chi connectivity index (χ1) is 8.09. The molecule has 0 radical (unpaired) electrons. The van der Waals surface area contributed by atoms with Crippen LogP contribution in [0.25, 0.3) is 0 Å². The second-order valence-electron chi connectivity index (χ2n) is 6.11. The molecule has 1 saturated carbocycles. The van der Waals surface area contributed by atoms with Crippen molar-refractivity contribution in [3.63, 3.8) is 0 Å². The van der Waals surface area contributed by atoms with Crippen molar-refractivity contribution in [1.82, 2.24) is 0 Å². The summed E-state index contributed by atoms with van der Waals surface area (Å²) in [5.74, 6) is 1.71. The number of nitrogens with two attached hydrogens (primary N) is 1. The standard InChI is InChI=1S/C15H25NS/c1-12(2)14-4-3-7-15(16,8-5-14)10-13-6-9-17-11-13/h6,9,11-12,14H,3-5,7-8,10,16H2,1-2H3.